The van der Waals surface area contributed by atoms with Gasteiger partial charge in [-0.15, -0.1) is 32.9 Å². The smallest absolute Gasteiger partial charge is 0.235 e. The molecule has 5 aromatic rings. The Morgan fingerprint density at radius 2 is 1.98 bits per heavy atom. The molecule has 1 aliphatic rings. The van der Waals surface area contributed by atoms with Crippen LogP contribution in [0.15, 0.2) is 40.6 Å². The summed E-state index contributed by atoms with van der Waals surface area (Å²) >= 11 is 5.89. The Kier molecular flexibility index (Phi) is 7.50. The van der Waals surface area contributed by atoms with E-state index in [0.29, 0.717) is 38.3 Å². The molecule has 1 aromatic carbocycles. The van der Waals surface area contributed by atoms with E-state index in [2.05, 4.69) is 26.6 Å². The number of thioether (sulfide) groups is 2. The molecule has 0 spiro atoms. The fourth-order valence-electron chi connectivity index (χ4n) is 4.66. The first-order valence-corrected chi connectivity index (χ1v) is 16.2. The van der Waals surface area contributed by atoms with Gasteiger partial charge in [0, 0.05) is 15.4 Å². The van der Waals surface area contributed by atoms with Crippen molar-refractivity contribution in [2.45, 2.75) is 49.2 Å². The van der Waals surface area contributed by atoms with Crippen molar-refractivity contribution in [2.75, 3.05) is 16.8 Å². The van der Waals surface area contributed by atoms with Crippen molar-refractivity contribution in [3.8, 4) is 11.8 Å². The van der Waals surface area contributed by atoms with Gasteiger partial charge < -0.3 is 11.1 Å². The Balaban J connectivity index is 1.21. The summed E-state index contributed by atoms with van der Waals surface area (Å²) < 4.78 is 1.95. The van der Waals surface area contributed by atoms with Crippen LogP contribution in [0.25, 0.3) is 15.9 Å². The first-order valence-electron chi connectivity index (χ1n) is 12.6. The normalized spacial score (nSPS) is 12.5. The average molecular weight is 605 g/mol. The molecular formula is C27H24N8OS4. The van der Waals surface area contributed by atoms with Gasteiger partial charge in [-0.05, 0) is 56.4 Å². The van der Waals surface area contributed by atoms with Crippen molar-refractivity contribution < 1.29 is 4.79 Å². The molecule has 0 bridgehead atoms. The number of nitriles is 1. The van der Waals surface area contributed by atoms with E-state index in [0.717, 1.165) is 39.2 Å². The zero-order valence-corrected chi connectivity index (χ0v) is 25.0. The summed E-state index contributed by atoms with van der Waals surface area (Å²) in [6.07, 6.45) is 3.29. The van der Waals surface area contributed by atoms with Crippen molar-refractivity contribution in [3.05, 3.63) is 62.6 Å². The Morgan fingerprint density at radius 3 is 2.77 bits per heavy atom. The second kappa shape index (κ2) is 11.2. The highest BCUT2D eigenvalue weighted by Gasteiger charge is 2.23. The summed E-state index contributed by atoms with van der Waals surface area (Å²) in [5.41, 5.74) is 10.00. The van der Waals surface area contributed by atoms with E-state index in [-0.39, 0.29) is 11.7 Å². The number of nitrogens with one attached hydrogen (secondary N) is 1. The molecule has 4 aromatic heterocycles. The van der Waals surface area contributed by atoms with E-state index in [4.69, 9.17) is 10.7 Å². The molecule has 40 heavy (non-hydrogen) atoms. The summed E-state index contributed by atoms with van der Waals surface area (Å²) in [6, 6.07) is 12.0. The highest BCUT2D eigenvalue weighted by molar-refractivity contribution is 7.99. The maximum absolute atomic E-state index is 12.8. The van der Waals surface area contributed by atoms with Gasteiger partial charge in [0.05, 0.1) is 22.5 Å². The SMILES string of the molecule is Cc1sc(NC(=O)CSc2nnc(CSc3nc(N)c4c5c(sc4n3)CCC5)n2-c2ccccc2)c(C#N)c1C. The summed E-state index contributed by atoms with van der Waals surface area (Å²) in [4.78, 5) is 25.5. The van der Waals surface area contributed by atoms with Crippen LogP contribution in [0, 0.1) is 25.2 Å². The van der Waals surface area contributed by atoms with Crippen LogP contribution in [-0.4, -0.2) is 36.4 Å². The molecule has 0 radical (unpaired) electrons. The van der Waals surface area contributed by atoms with Gasteiger partial charge in [0.1, 0.15) is 27.5 Å². The van der Waals surface area contributed by atoms with Crippen LogP contribution in [0.3, 0.4) is 0 Å². The molecule has 6 rings (SSSR count). The molecule has 3 N–H and O–H groups in total. The lowest BCUT2D eigenvalue weighted by atomic mass is 10.2. The molecule has 1 amide bonds. The Bertz CT molecular complexity index is 1780. The number of hydrogen-bond donors (Lipinski definition) is 2. The number of rotatable bonds is 8. The topological polar surface area (TPSA) is 135 Å². The molecule has 1 aliphatic carbocycles. The number of amides is 1. The number of nitrogen functional groups attached to an aromatic ring is 1. The number of nitrogens with two attached hydrogens (primary N) is 1. The Morgan fingerprint density at radius 1 is 1.15 bits per heavy atom. The number of aromatic nitrogens is 5. The minimum atomic E-state index is -0.207. The van der Waals surface area contributed by atoms with Crippen molar-refractivity contribution >= 4 is 73.1 Å². The van der Waals surface area contributed by atoms with Gasteiger partial charge in [-0.25, -0.2) is 9.97 Å². The highest BCUT2D eigenvalue weighted by Crippen LogP contribution is 2.40. The van der Waals surface area contributed by atoms with Gasteiger partial charge in [-0.1, -0.05) is 41.7 Å². The predicted octanol–water partition coefficient (Wildman–Crippen LogP) is 5.92. The van der Waals surface area contributed by atoms with Crippen LogP contribution in [0.1, 0.15) is 38.7 Å². The first kappa shape index (κ1) is 26.8. The van der Waals surface area contributed by atoms with Crippen LogP contribution >= 0.6 is 46.2 Å². The van der Waals surface area contributed by atoms with Crippen molar-refractivity contribution in [2.24, 2.45) is 0 Å². The largest absolute Gasteiger partial charge is 0.383 e. The number of thiophene rings is 2. The van der Waals surface area contributed by atoms with Gasteiger partial charge in [0.15, 0.2) is 10.3 Å². The standard InChI is InChI=1S/C27H24N8OS4/c1-14-15(2)39-24(18(14)11-28)30-21(36)13-38-27-34-33-20(35(27)16-7-4-3-5-8-16)12-37-26-31-23(29)22-17-9-6-10-19(17)40-25(22)32-26/h3-5,7-8H,6,9-10,12-13H2,1-2H3,(H,30,36)(H2,29,31,32). The number of carbonyl (C=O) groups excluding carboxylic acids is 1. The van der Waals surface area contributed by atoms with E-state index in [1.807, 2.05) is 48.7 Å². The van der Waals surface area contributed by atoms with Gasteiger partial charge in [0.25, 0.3) is 0 Å². The zero-order chi connectivity index (χ0) is 27.8. The van der Waals surface area contributed by atoms with Crippen LogP contribution in [-0.2, 0) is 23.4 Å². The number of fused-ring (bicyclic) bond motifs is 3. The number of aryl methyl sites for hydroxylation is 3. The van der Waals surface area contributed by atoms with Crippen molar-refractivity contribution in [1.82, 2.24) is 24.7 Å². The number of carbonyl (C=O) groups is 1. The summed E-state index contributed by atoms with van der Waals surface area (Å²) in [7, 11) is 0. The first-order chi connectivity index (χ1) is 19.4. The van der Waals surface area contributed by atoms with Crippen LogP contribution in [0.2, 0.25) is 0 Å². The minimum Gasteiger partial charge on any atom is -0.383 e. The molecular weight excluding hydrogens is 581 g/mol. The molecule has 13 heteroatoms. The van der Waals surface area contributed by atoms with Gasteiger partial charge in [-0.2, -0.15) is 5.26 Å². The molecule has 0 aliphatic heterocycles. The van der Waals surface area contributed by atoms with E-state index >= 15 is 0 Å². The van der Waals surface area contributed by atoms with Gasteiger partial charge in [-0.3, -0.25) is 9.36 Å². The second-order valence-electron chi connectivity index (χ2n) is 9.22. The molecule has 4 heterocycles. The highest BCUT2D eigenvalue weighted by atomic mass is 32.2. The van der Waals surface area contributed by atoms with Gasteiger partial charge >= 0.3 is 0 Å². The van der Waals surface area contributed by atoms with Crippen LogP contribution in [0.5, 0.6) is 0 Å². The monoisotopic (exact) mass is 604 g/mol. The number of nitrogens with zero attached hydrogens (tertiary/aromatic N) is 6. The maximum atomic E-state index is 12.8. The van der Waals surface area contributed by atoms with Crippen molar-refractivity contribution in [1.29, 1.82) is 5.26 Å². The lowest BCUT2D eigenvalue weighted by Gasteiger charge is -2.10. The lowest BCUT2D eigenvalue weighted by Crippen LogP contribution is -2.14. The quantitative estimate of drug-likeness (QED) is 0.163. The molecule has 0 saturated carbocycles. The third kappa shape index (κ3) is 5.08. The third-order valence-corrected chi connectivity index (χ3v) is 10.8. The van der Waals surface area contributed by atoms with Crippen LogP contribution < -0.4 is 11.1 Å². The van der Waals surface area contributed by atoms with Gasteiger partial charge in [0.2, 0.25) is 5.91 Å². The van der Waals surface area contributed by atoms with E-state index < -0.39 is 0 Å². The number of hydrogen-bond acceptors (Lipinski definition) is 11. The second-order valence-corrected chi connectivity index (χ2v) is 13.4. The molecule has 0 fully saturated rings. The van der Waals surface area contributed by atoms with E-state index in [9.17, 15) is 10.1 Å². The fourth-order valence-corrected chi connectivity index (χ4v) is 8.55. The number of benzene rings is 1. The average Bonchev–Trinajstić information content (AvgIpc) is 3.70. The zero-order valence-electron chi connectivity index (χ0n) is 21.7. The molecule has 9 nitrogen and oxygen atoms in total. The summed E-state index contributed by atoms with van der Waals surface area (Å²) in [5.74, 6) is 1.64. The third-order valence-electron chi connectivity index (χ3n) is 6.70. The predicted molar refractivity (Wildman–Crippen MR) is 163 cm³/mol. The maximum Gasteiger partial charge on any atom is 0.235 e. The fraction of sp³-hybridized carbons (Fsp3) is 0.259. The summed E-state index contributed by atoms with van der Waals surface area (Å²) in [5, 5.41) is 24.0. The molecule has 0 atom stereocenters. The van der Waals surface area contributed by atoms with E-state index in [1.165, 1.54) is 51.7 Å². The minimum absolute atomic E-state index is 0.123. The molecule has 0 saturated heterocycles. The van der Waals surface area contributed by atoms with Crippen molar-refractivity contribution in [3.63, 3.8) is 0 Å². The lowest BCUT2D eigenvalue weighted by molar-refractivity contribution is -0.113. The van der Waals surface area contributed by atoms with E-state index in [1.54, 1.807) is 11.3 Å². The Hall–Kier alpha value is -3.44. The number of para-hydroxylation sites is 1. The van der Waals surface area contributed by atoms with Crippen LogP contribution in [0.4, 0.5) is 10.8 Å². The summed E-state index contributed by atoms with van der Waals surface area (Å²) in [6.45, 7) is 3.83. The number of anilines is 2. The molecule has 202 valence electrons. The Labute approximate surface area is 247 Å². The molecule has 0 unspecified atom stereocenters.